The number of aromatic amines is 1. The third kappa shape index (κ3) is 4.80. The molecule has 3 heterocycles. The summed E-state index contributed by atoms with van der Waals surface area (Å²) in [5, 5.41) is 6.42. The predicted molar refractivity (Wildman–Crippen MR) is 108 cm³/mol. The van der Waals surface area contributed by atoms with Gasteiger partial charge in [0.1, 0.15) is 11.3 Å². The van der Waals surface area contributed by atoms with Gasteiger partial charge < -0.3 is 20.4 Å². The van der Waals surface area contributed by atoms with E-state index in [0.717, 1.165) is 25.6 Å². The van der Waals surface area contributed by atoms with Crippen molar-refractivity contribution < 1.29 is 17.9 Å². The van der Waals surface area contributed by atoms with Crippen molar-refractivity contribution >= 4 is 17.1 Å². The average Bonchev–Trinajstić information content (AvgIpc) is 3.34. The first-order valence-electron chi connectivity index (χ1n) is 9.58. The number of hydrogen-bond acceptors (Lipinski definition) is 6. The van der Waals surface area contributed by atoms with E-state index in [4.69, 9.17) is 6.42 Å². The Morgan fingerprint density at radius 3 is 2.94 bits per heavy atom. The summed E-state index contributed by atoms with van der Waals surface area (Å²) in [5.41, 5.74) is 0.548. The van der Waals surface area contributed by atoms with Gasteiger partial charge in [-0.3, -0.25) is 4.57 Å². The third-order valence-corrected chi connectivity index (χ3v) is 5.00. The number of halogens is 3. The number of fused-ring (bicyclic) bond motifs is 1. The minimum absolute atomic E-state index is 0.0981. The van der Waals surface area contributed by atoms with Gasteiger partial charge in [-0.1, -0.05) is 5.92 Å². The summed E-state index contributed by atoms with van der Waals surface area (Å²) in [6.07, 6.45) is 2.99. The van der Waals surface area contributed by atoms with Crippen LogP contribution in [-0.4, -0.2) is 45.5 Å². The molecule has 11 heteroatoms. The Kier molecular flexibility index (Phi) is 5.56. The Hall–Kier alpha value is -3.52. The summed E-state index contributed by atoms with van der Waals surface area (Å²) in [7, 11) is 0. The predicted octanol–water partition coefficient (Wildman–Crippen LogP) is 2.07. The molecule has 1 aliphatic rings. The summed E-state index contributed by atoms with van der Waals surface area (Å²) in [4.78, 5) is 23.7. The highest BCUT2D eigenvalue weighted by Gasteiger charge is 2.32. The van der Waals surface area contributed by atoms with Crippen molar-refractivity contribution in [2.45, 2.75) is 19.3 Å². The second-order valence-electron chi connectivity index (χ2n) is 7.20. The molecule has 4 rings (SSSR count). The molecule has 3 aromatic rings. The Balaban J connectivity index is 1.66. The highest BCUT2D eigenvalue weighted by atomic mass is 19.4. The Labute approximate surface area is 174 Å². The lowest BCUT2D eigenvalue weighted by atomic mass is 10.1. The fourth-order valence-corrected chi connectivity index (χ4v) is 3.49. The fourth-order valence-electron chi connectivity index (χ4n) is 3.49. The molecule has 1 fully saturated rings. The molecule has 1 aliphatic heterocycles. The first-order chi connectivity index (χ1) is 14.8. The number of anilines is 1. The fraction of sp³-hybridized carbons (Fsp3) is 0.350. The van der Waals surface area contributed by atoms with Gasteiger partial charge in [0.2, 0.25) is 5.95 Å². The van der Waals surface area contributed by atoms with E-state index in [0.29, 0.717) is 29.5 Å². The molecule has 0 bridgehead atoms. The van der Waals surface area contributed by atoms with Crippen LogP contribution >= 0.6 is 0 Å². The second kappa shape index (κ2) is 8.31. The summed E-state index contributed by atoms with van der Waals surface area (Å²) in [6.45, 7) is 2.31. The SMILES string of the molecule is C#Cc1ccc(OC(F)(F)F)c(Cn2c(=O)[nH]c3cnc(NC[C@@H]4CCNC4)nc32)c1. The van der Waals surface area contributed by atoms with E-state index in [2.05, 4.69) is 36.2 Å². The molecular formula is C20H19F3N6O2. The molecule has 8 nitrogen and oxygen atoms in total. The Morgan fingerprint density at radius 1 is 1.39 bits per heavy atom. The molecule has 0 saturated carbocycles. The molecule has 1 aromatic carbocycles. The molecule has 31 heavy (non-hydrogen) atoms. The number of alkyl halides is 3. The molecule has 1 atom stereocenters. The molecule has 0 radical (unpaired) electrons. The first kappa shape index (κ1) is 20.7. The van der Waals surface area contributed by atoms with E-state index in [1.54, 1.807) is 0 Å². The monoisotopic (exact) mass is 432 g/mol. The lowest BCUT2D eigenvalue weighted by Gasteiger charge is -2.14. The van der Waals surface area contributed by atoms with Crippen molar-refractivity contribution in [3.63, 3.8) is 0 Å². The van der Waals surface area contributed by atoms with Crippen LogP contribution < -0.4 is 21.1 Å². The molecule has 0 unspecified atom stereocenters. The first-order valence-corrected chi connectivity index (χ1v) is 9.58. The molecule has 1 saturated heterocycles. The summed E-state index contributed by atoms with van der Waals surface area (Å²) in [5.74, 6) is 2.71. The molecule has 2 aromatic heterocycles. The van der Waals surface area contributed by atoms with Crippen LogP contribution in [0, 0.1) is 18.3 Å². The molecule has 162 valence electrons. The van der Waals surface area contributed by atoms with Crippen LogP contribution in [0.2, 0.25) is 0 Å². The van der Waals surface area contributed by atoms with Crippen molar-refractivity contribution in [3.05, 3.63) is 46.0 Å². The minimum Gasteiger partial charge on any atom is -0.405 e. The van der Waals surface area contributed by atoms with Crippen molar-refractivity contribution in [1.82, 2.24) is 24.8 Å². The van der Waals surface area contributed by atoms with Gasteiger partial charge in [0.05, 0.1) is 12.7 Å². The lowest BCUT2D eigenvalue weighted by molar-refractivity contribution is -0.274. The van der Waals surface area contributed by atoms with Gasteiger partial charge in [-0.2, -0.15) is 4.98 Å². The van der Waals surface area contributed by atoms with Crippen molar-refractivity contribution in [2.24, 2.45) is 5.92 Å². The number of imidazole rings is 1. The van der Waals surface area contributed by atoms with E-state index in [9.17, 15) is 18.0 Å². The standard InChI is InChI=1S/C20H19F3N6O2/c1-2-12-3-4-16(31-20(21,22)23)14(7-12)11-29-17-15(27-19(29)30)10-26-18(28-17)25-9-13-5-6-24-8-13/h1,3-4,7,10,13,24H,5-6,8-9,11H2,(H,27,30)(H,25,26,28)/t13-/m1/s1. The maximum Gasteiger partial charge on any atom is 0.573 e. The van der Waals surface area contributed by atoms with E-state index in [1.165, 1.54) is 22.9 Å². The highest BCUT2D eigenvalue weighted by molar-refractivity contribution is 5.71. The second-order valence-corrected chi connectivity index (χ2v) is 7.20. The number of ether oxygens (including phenoxy) is 1. The highest BCUT2D eigenvalue weighted by Crippen LogP contribution is 2.28. The Morgan fingerprint density at radius 2 is 2.23 bits per heavy atom. The van der Waals surface area contributed by atoms with Crippen LogP contribution in [-0.2, 0) is 6.54 Å². The number of aromatic nitrogens is 4. The normalized spacial score (nSPS) is 16.4. The number of nitrogens with one attached hydrogen (secondary N) is 3. The van der Waals surface area contributed by atoms with Crippen molar-refractivity contribution in [1.29, 1.82) is 0 Å². The van der Waals surface area contributed by atoms with Gasteiger partial charge in [0.15, 0.2) is 5.65 Å². The van der Waals surface area contributed by atoms with Gasteiger partial charge in [0, 0.05) is 17.7 Å². The van der Waals surface area contributed by atoms with E-state index in [-0.39, 0.29) is 17.8 Å². The van der Waals surface area contributed by atoms with Crippen molar-refractivity contribution in [3.8, 4) is 18.1 Å². The van der Waals surface area contributed by atoms with E-state index in [1.807, 2.05) is 0 Å². The van der Waals surface area contributed by atoms with Crippen molar-refractivity contribution in [2.75, 3.05) is 25.0 Å². The van der Waals surface area contributed by atoms with Gasteiger partial charge in [-0.15, -0.1) is 19.6 Å². The molecule has 0 spiro atoms. The zero-order valence-electron chi connectivity index (χ0n) is 16.3. The number of H-pyrrole nitrogens is 1. The van der Waals surface area contributed by atoms with Gasteiger partial charge in [0.25, 0.3) is 0 Å². The minimum atomic E-state index is -4.88. The number of nitrogens with zero attached hydrogens (tertiary/aromatic N) is 3. The molecule has 0 amide bonds. The third-order valence-electron chi connectivity index (χ3n) is 5.00. The van der Waals surface area contributed by atoms with E-state index < -0.39 is 17.8 Å². The Bertz CT molecular complexity index is 1190. The smallest absolute Gasteiger partial charge is 0.405 e. The van der Waals surface area contributed by atoms with Crippen LogP contribution in [0.25, 0.3) is 11.2 Å². The maximum atomic E-state index is 12.8. The number of rotatable bonds is 6. The maximum absolute atomic E-state index is 12.8. The quantitative estimate of drug-likeness (QED) is 0.516. The van der Waals surface area contributed by atoms with Gasteiger partial charge in [-0.05, 0) is 43.6 Å². The number of terminal acetylenes is 1. The summed E-state index contributed by atoms with van der Waals surface area (Å²) < 4.78 is 43.8. The molecule has 0 aliphatic carbocycles. The van der Waals surface area contributed by atoms with Crippen LogP contribution in [0.4, 0.5) is 19.1 Å². The van der Waals surface area contributed by atoms with Gasteiger partial charge >= 0.3 is 12.1 Å². The van der Waals surface area contributed by atoms with Crippen LogP contribution in [0.5, 0.6) is 5.75 Å². The lowest BCUT2D eigenvalue weighted by Crippen LogP contribution is -2.21. The number of hydrogen-bond donors (Lipinski definition) is 3. The topological polar surface area (TPSA) is 96.9 Å². The largest absolute Gasteiger partial charge is 0.573 e. The van der Waals surface area contributed by atoms with Crippen LogP contribution in [0.3, 0.4) is 0 Å². The molecular weight excluding hydrogens is 413 g/mol. The van der Waals surface area contributed by atoms with E-state index >= 15 is 0 Å². The van der Waals surface area contributed by atoms with Gasteiger partial charge in [-0.25, -0.2) is 9.78 Å². The molecule has 3 N–H and O–H groups in total. The zero-order valence-corrected chi connectivity index (χ0v) is 16.3. The average molecular weight is 432 g/mol. The summed E-state index contributed by atoms with van der Waals surface area (Å²) in [6, 6.07) is 3.85. The van der Waals surface area contributed by atoms with Crippen LogP contribution in [0.15, 0.2) is 29.2 Å². The summed E-state index contributed by atoms with van der Waals surface area (Å²) >= 11 is 0. The zero-order chi connectivity index (χ0) is 22.0. The number of benzene rings is 1. The van der Waals surface area contributed by atoms with Crippen LogP contribution in [0.1, 0.15) is 17.5 Å².